The standard InChI is InChI=1S/C13H19N/c1-14-7-6-11-9-12(14)8-10-4-2-3-5-13(10)11/h2-4,11-13H,5-9H2,1H3. The molecule has 76 valence electrons. The molecule has 3 aliphatic rings. The Kier molecular flexibility index (Phi) is 2.01. The van der Waals surface area contributed by atoms with Crippen LogP contribution in [0.5, 0.6) is 0 Å². The third-order valence-electron chi connectivity index (χ3n) is 4.40. The summed E-state index contributed by atoms with van der Waals surface area (Å²) in [4.78, 5) is 2.56. The maximum absolute atomic E-state index is 2.56. The quantitative estimate of drug-likeness (QED) is 0.566. The van der Waals surface area contributed by atoms with Crippen molar-refractivity contribution in [3.8, 4) is 0 Å². The summed E-state index contributed by atoms with van der Waals surface area (Å²) >= 11 is 0. The van der Waals surface area contributed by atoms with Gasteiger partial charge in [0.15, 0.2) is 0 Å². The summed E-state index contributed by atoms with van der Waals surface area (Å²) < 4.78 is 0. The topological polar surface area (TPSA) is 3.24 Å². The van der Waals surface area contributed by atoms with E-state index in [1.807, 2.05) is 0 Å². The normalized spacial score (nSPS) is 41.8. The molecule has 2 bridgehead atoms. The molecule has 3 atom stereocenters. The molecule has 14 heavy (non-hydrogen) atoms. The second kappa shape index (κ2) is 3.23. The number of rotatable bonds is 0. The van der Waals surface area contributed by atoms with E-state index in [-0.39, 0.29) is 0 Å². The molecule has 1 saturated heterocycles. The van der Waals surface area contributed by atoms with E-state index in [0.29, 0.717) is 0 Å². The lowest BCUT2D eigenvalue weighted by molar-refractivity contribution is 0.0884. The van der Waals surface area contributed by atoms with Gasteiger partial charge in [0, 0.05) is 6.04 Å². The predicted molar refractivity (Wildman–Crippen MR) is 59.1 cm³/mol. The first kappa shape index (κ1) is 8.72. The summed E-state index contributed by atoms with van der Waals surface area (Å²) in [6.07, 6.45) is 12.5. The number of hydrogen-bond donors (Lipinski definition) is 0. The molecule has 1 saturated carbocycles. The summed E-state index contributed by atoms with van der Waals surface area (Å²) in [5, 5.41) is 0. The van der Waals surface area contributed by atoms with Crippen molar-refractivity contribution in [2.75, 3.05) is 13.6 Å². The van der Waals surface area contributed by atoms with E-state index < -0.39 is 0 Å². The molecule has 0 radical (unpaired) electrons. The molecule has 3 unspecified atom stereocenters. The van der Waals surface area contributed by atoms with Crippen molar-refractivity contribution < 1.29 is 0 Å². The Morgan fingerprint density at radius 3 is 3.29 bits per heavy atom. The molecule has 0 amide bonds. The summed E-state index contributed by atoms with van der Waals surface area (Å²) in [6.45, 7) is 1.32. The molecule has 0 N–H and O–H groups in total. The highest BCUT2D eigenvalue weighted by Crippen LogP contribution is 2.44. The molecular weight excluding hydrogens is 170 g/mol. The van der Waals surface area contributed by atoms with E-state index in [1.165, 1.54) is 32.2 Å². The number of nitrogens with zero attached hydrogens (tertiary/aromatic N) is 1. The van der Waals surface area contributed by atoms with Crippen molar-refractivity contribution in [1.82, 2.24) is 4.90 Å². The third kappa shape index (κ3) is 1.26. The molecule has 0 spiro atoms. The van der Waals surface area contributed by atoms with Crippen molar-refractivity contribution in [1.29, 1.82) is 0 Å². The van der Waals surface area contributed by atoms with Gasteiger partial charge in [-0.1, -0.05) is 23.8 Å². The zero-order valence-electron chi connectivity index (χ0n) is 8.95. The van der Waals surface area contributed by atoms with Crippen LogP contribution in [0.2, 0.25) is 0 Å². The molecule has 0 aromatic carbocycles. The Morgan fingerprint density at radius 2 is 2.36 bits per heavy atom. The second-order valence-corrected chi connectivity index (χ2v) is 5.13. The van der Waals surface area contributed by atoms with Crippen LogP contribution in [0, 0.1) is 11.8 Å². The number of hydrogen-bond acceptors (Lipinski definition) is 1. The molecule has 1 aliphatic heterocycles. The Bertz CT molecular complexity index is 290. The SMILES string of the molecule is CN1CCC2CC1CC1=CC=CCC12. The minimum absolute atomic E-state index is 0.850. The van der Waals surface area contributed by atoms with Crippen LogP contribution in [-0.2, 0) is 0 Å². The molecule has 1 heteroatoms. The molecule has 2 fully saturated rings. The van der Waals surface area contributed by atoms with Crippen LogP contribution in [-0.4, -0.2) is 24.5 Å². The summed E-state index contributed by atoms with van der Waals surface area (Å²) in [7, 11) is 2.29. The number of likely N-dealkylation sites (tertiary alicyclic amines) is 1. The van der Waals surface area contributed by atoms with Crippen LogP contribution in [0.3, 0.4) is 0 Å². The Morgan fingerprint density at radius 1 is 1.43 bits per heavy atom. The van der Waals surface area contributed by atoms with Crippen molar-refractivity contribution >= 4 is 0 Å². The fraction of sp³-hybridized carbons (Fsp3) is 0.692. The highest BCUT2D eigenvalue weighted by Gasteiger charge is 2.38. The summed E-state index contributed by atoms with van der Waals surface area (Å²) in [5.41, 5.74) is 1.74. The van der Waals surface area contributed by atoms with E-state index in [9.17, 15) is 0 Å². The molecule has 1 heterocycles. The van der Waals surface area contributed by atoms with Crippen molar-refractivity contribution in [3.05, 3.63) is 23.8 Å². The number of piperidine rings is 1. The van der Waals surface area contributed by atoms with Gasteiger partial charge in [0.25, 0.3) is 0 Å². The van der Waals surface area contributed by atoms with Crippen LogP contribution >= 0.6 is 0 Å². The van der Waals surface area contributed by atoms with Gasteiger partial charge in [0.05, 0.1) is 0 Å². The van der Waals surface area contributed by atoms with Gasteiger partial charge >= 0.3 is 0 Å². The van der Waals surface area contributed by atoms with Gasteiger partial charge in [-0.3, -0.25) is 0 Å². The zero-order valence-corrected chi connectivity index (χ0v) is 8.95. The monoisotopic (exact) mass is 189 g/mol. The fourth-order valence-electron chi connectivity index (χ4n) is 3.48. The lowest BCUT2D eigenvalue weighted by Gasteiger charge is -2.47. The second-order valence-electron chi connectivity index (χ2n) is 5.13. The van der Waals surface area contributed by atoms with Crippen LogP contribution in [0.25, 0.3) is 0 Å². The third-order valence-corrected chi connectivity index (χ3v) is 4.40. The highest BCUT2D eigenvalue weighted by molar-refractivity contribution is 5.25. The first-order valence-corrected chi connectivity index (χ1v) is 5.90. The minimum atomic E-state index is 0.850. The highest BCUT2D eigenvalue weighted by atomic mass is 15.1. The number of allylic oxidation sites excluding steroid dienone is 3. The average Bonchev–Trinajstić information content (AvgIpc) is 2.24. The van der Waals surface area contributed by atoms with Gasteiger partial charge in [-0.2, -0.15) is 0 Å². The van der Waals surface area contributed by atoms with Crippen LogP contribution < -0.4 is 0 Å². The lowest BCUT2D eigenvalue weighted by Crippen LogP contribution is -2.46. The van der Waals surface area contributed by atoms with E-state index in [2.05, 4.69) is 30.2 Å². The smallest absolute Gasteiger partial charge is 0.0132 e. The first-order chi connectivity index (χ1) is 6.84. The summed E-state index contributed by atoms with van der Waals surface area (Å²) in [6, 6.07) is 0.850. The van der Waals surface area contributed by atoms with E-state index in [4.69, 9.17) is 0 Å². The van der Waals surface area contributed by atoms with Gasteiger partial charge in [-0.25, -0.2) is 0 Å². The van der Waals surface area contributed by atoms with Crippen molar-refractivity contribution in [3.63, 3.8) is 0 Å². The fourth-order valence-corrected chi connectivity index (χ4v) is 3.48. The Labute approximate surface area is 86.5 Å². The number of fused-ring (bicyclic) bond motifs is 4. The largest absolute Gasteiger partial charge is 0.303 e. The summed E-state index contributed by atoms with van der Waals surface area (Å²) in [5.74, 6) is 1.89. The van der Waals surface area contributed by atoms with Gasteiger partial charge in [0.1, 0.15) is 0 Å². The van der Waals surface area contributed by atoms with Crippen LogP contribution in [0.1, 0.15) is 25.7 Å². The molecule has 0 aromatic rings. The molecule has 3 rings (SSSR count). The maximum atomic E-state index is 2.56. The molecule has 1 nitrogen and oxygen atoms in total. The van der Waals surface area contributed by atoms with Crippen molar-refractivity contribution in [2.24, 2.45) is 11.8 Å². The lowest BCUT2D eigenvalue weighted by atomic mass is 9.67. The Hall–Kier alpha value is -0.560. The maximum Gasteiger partial charge on any atom is 0.0132 e. The minimum Gasteiger partial charge on any atom is -0.303 e. The predicted octanol–water partition coefficient (Wildman–Crippen LogP) is 2.60. The van der Waals surface area contributed by atoms with E-state index >= 15 is 0 Å². The van der Waals surface area contributed by atoms with Crippen LogP contribution in [0.4, 0.5) is 0 Å². The molecule has 0 aromatic heterocycles. The molecule has 2 aliphatic carbocycles. The first-order valence-electron chi connectivity index (χ1n) is 5.90. The average molecular weight is 189 g/mol. The Balaban J connectivity index is 1.88. The van der Waals surface area contributed by atoms with Gasteiger partial charge in [-0.05, 0) is 51.1 Å². The van der Waals surface area contributed by atoms with E-state index in [0.717, 1.165) is 17.9 Å². The van der Waals surface area contributed by atoms with E-state index in [1.54, 1.807) is 5.57 Å². The zero-order chi connectivity index (χ0) is 9.54. The van der Waals surface area contributed by atoms with Gasteiger partial charge < -0.3 is 4.90 Å². The molecular formula is C13H19N. The van der Waals surface area contributed by atoms with Gasteiger partial charge in [-0.15, -0.1) is 0 Å². The van der Waals surface area contributed by atoms with Crippen LogP contribution in [0.15, 0.2) is 23.8 Å². The van der Waals surface area contributed by atoms with Gasteiger partial charge in [0.2, 0.25) is 0 Å². The van der Waals surface area contributed by atoms with Crippen molar-refractivity contribution in [2.45, 2.75) is 31.7 Å².